The Balaban J connectivity index is 1.10. The number of hydrogen-bond donors (Lipinski definition) is 1. The number of anilines is 3. The molecule has 3 aromatic carbocycles. The molecular weight excluding hydrogens is 797 g/mol. The van der Waals surface area contributed by atoms with Gasteiger partial charge in [0.15, 0.2) is 11.5 Å². The van der Waals surface area contributed by atoms with Crippen molar-refractivity contribution in [2.75, 3.05) is 31.3 Å². The third kappa shape index (κ3) is 10.4. The zero-order chi connectivity index (χ0) is 41.0. The van der Waals surface area contributed by atoms with Crippen LogP contribution in [-0.4, -0.2) is 37.5 Å². The largest absolute Gasteiger partial charge is 0.494 e. The first-order valence-electron chi connectivity index (χ1n) is 20.3. The Hall–Kier alpha value is -5.54. The fourth-order valence-corrected chi connectivity index (χ4v) is 10.1. The average Bonchev–Trinajstić information content (AvgIpc) is 4.04. The molecule has 3 aromatic heterocycles. The smallest absolute Gasteiger partial charge is 0.346 e. The number of carboxylic acids is 1. The number of nitrogens with zero attached hydrogens (tertiary/aromatic N) is 2. The molecular formula is C48H48N2O6S3. The summed E-state index contributed by atoms with van der Waals surface area (Å²) in [6, 6.07) is 35.6. The molecule has 6 aromatic rings. The molecule has 0 saturated carbocycles. The standard InChI is InChI=1S/C48H48N2O6S3/c1-3-5-7-9-27-53-38-19-15-36(16-20-38)50(37-17-21-39(22-18-37)54-28-10-8-6-4-2)35-13-11-33(12-14-35)40-23-24-41(57-40)42-25-26-43(58-42)47-46-45(55-29-30-56-46)44(59-47)31-34(32-49)48(51)52/h11-26,31H,3-10,27-30H2,1-2H3,(H,51,52)/b34-31+. The Kier molecular flexibility index (Phi) is 14.4. The molecule has 11 heteroatoms. The Morgan fingerprint density at radius 2 is 1.15 bits per heavy atom. The van der Waals surface area contributed by atoms with Crippen molar-refractivity contribution in [3.63, 3.8) is 0 Å². The fourth-order valence-electron chi connectivity index (χ4n) is 6.76. The Morgan fingerprint density at radius 1 is 0.661 bits per heavy atom. The maximum Gasteiger partial charge on any atom is 0.346 e. The van der Waals surface area contributed by atoms with E-state index in [0.717, 1.165) is 84.6 Å². The number of benzene rings is 3. The number of unbranched alkanes of at least 4 members (excludes halogenated alkanes) is 6. The highest BCUT2D eigenvalue weighted by atomic mass is 32.1. The summed E-state index contributed by atoms with van der Waals surface area (Å²) in [5.41, 5.74) is 3.89. The Morgan fingerprint density at radius 3 is 1.68 bits per heavy atom. The lowest BCUT2D eigenvalue weighted by Gasteiger charge is -2.26. The quantitative estimate of drug-likeness (QED) is 0.0461. The van der Waals surface area contributed by atoms with Gasteiger partial charge in [0.1, 0.15) is 36.4 Å². The van der Waals surface area contributed by atoms with E-state index in [1.54, 1.807) is 28.7 Å². The van der Waals surface area contributed by atoms with Crippen molar-refractivity contribution in [2.45, 2.75) is 65.2 Å². The van der Waals surface area contributed by atoms with E-state index in [4.69, 9.17) is 18.9 Å². The zero-order valence-corrected chi connectivity index (χ0v) is 35.9. The predicted molar refractivity (Wildman–Crippen MR) is 243 cm³/mol. The van der Waals surface area contributed by atoms with Gasteiger partial charge in [-0.1, -0.05) is 64.5 Å². The molecule has 4 heterocycles. The van der Waals surface area contributed by atoms with Gasteiger partial charge >= 0.3 is 5.97 Å². The van der Waals surface area contributed by atoms with E-state index in [0.29, 0.717) is 29.6 Å². The van der Waals surface area contributed by atoms with Crippen LogP contribution in [0.25, 0.3) is 36.0 Å². The maximum atomic E-state index is 11.6. The van der Waals surface area contributed by atoms with E-state index in [2.05, 4.69) is 116 Å². The molecule has 8 nitrogen and oxygen atoms in total. The van der Waals surface area contributed by atoms with Crippen LogP contribution in [0.3, 0.4) is 0 Å². The molecule has 0 atom stereocenters. The van der Waals surface area contributed by atoms with Crippen molar-refractivity contribution >= 4 is 63.1 Å². The van der Waals surface area contributed by atoms with Gasteiger partial charge in [0.2, 0.25) is 0 Å². The van der Waals surface area contributed by atoms with Crippen LogP contribution in [-0.2, 0) is 4.79 Å². The molecule has 0 aliphatic carbocycles. The van der Waals surface area contributed by atoms with Gasteiger partial charge in [-0.25, -0.2) is 4.79 Å². The van der Waals surface area contributed by atoms with Crippen molar-refractivity contribution in [1.29, 1.82) is 5.26 Å². The van der Waals surface area contributed by atoms with E-state index in [-0.39, 0.29) is 5.57 Å². The minimum Gasteiger partial charge on any atom is -0.494 e. The van der Waals surface area contributed by atoms with Crippen LogP contribution in [0.4, 0.5) is 17.1 Å². The van der Waals surface area contributed by atoms with Crippen molar-refractivity contribution in [3.8, 4) is 59.0 Å². The summed E-state index contributed by atoms with van der Waals surface area (Å²) in [6.45, 7) is 6.64. The summed E-state index contributed by atoms with van der Waals surface area (Å²) in [6.07, 6.45) is 10.7. The molecule has 0 radical (unpaired) electrons. The fraction of sp³-hybridized carbons (Fsp3) is 0.292. The van der Waals surface area contributed by atoms with Crippen LogP contribution >= 0.6 is 34.0 Å². The topological polar surface area (TPSA) is 101 Å². The van der Waals surface area contributed by atoms with Crippen LogP contribution in [0, 0.1) is 11.3 Å². The van der Waals surface area contributed by atoms with Crippen LogP contribution in [0.1, 0.15) is 70.1 Å². The highest BCUT2D eigenvalue weighted by Crippen LogP contribution is 2.53. The molecule has 7 rings (SSSR count). The lowest BCUT2D eigenvalue weighted by Crippen LogP contribution is -2.14. The summed E-state index contributed by atoms with van der Waals surface area (Å²) >= 11 is 4.74. The van der Waals surface area contributed by atoms with Crippen LogP contribution in [0.15, 0.2) is 103 Å². The number of fused-ring (bicyclic) bond motifs is 1. The molecule has 0 unspecified atom stereocenters. The van der Waals surface area contributed by atoms with Gasteiger partial charge in [0, 0.05) is 36.6 Å². The first-order valence-corrected chi connectivity index (χ1v) is 22.7. The van der Waals surface area contributed by atoms with E-state index in [1.807, 2.05) is 0 Å². The predicted octanol–water partition coefficient (Wildman–Crippen LogP) is 14.0. The number of ether oxygens (including phenoxy) is 4. The van der Waals surface area contributed by atoms with Gasteiger partial charge in [-0.3, -0.25) is 0 Å². The summed E-state index contributed by atoms with van der Waals surface area (Å²) in [7, 11) is 0. The molecule has 1 N–H and O–H groups in total. The monoisotopic (exact) mass is 844 g/mol. The number of carboxylic acid groups (broad SMARTS) is 1. The van der Waals surface area contributed by atoms with Gasteiger partial charge in [0.05, 0.1) is 23.0 Å². The maximum absolute atomic E-state index is 11.6. The molecule has 1 aliphatic heterocycles. The van der Waals surface area contributed by atoms with E-state index >= 15 is 0 Å². The lowest BCUT2D eigenvalue weighted by atomic mass is 10.1. The second-order valence-corrected chi connectivity index (χ2v) is 17.4. The van der Waals surface area contributed by atoms with E-state index in [9.17, 15) is 15.2 Å². The Bertz CT molecular complexity index is 2310. The summed E-state index contributed by atoms with van der Waals surface area (Å²) in [4.78, 5) is 19.6. The van der Waals surface area contributed by atoms with Crippen molar-refractivity contribution in [3.05, 3.63) is 108 Å². The number of aliphatic carboxylic acids is 1. The average molecular weight is 845 g/mol. The zero-order valence-electron chi connectivity index (χ0n) is 33.4. The highest BCUT2D eigenvalue weighted by Gasteiger charge is 2.26. The first-order chi connectivity index (χ1) is 28.9. The third-order valence-corrected chi connectivity index (χ3v) is 13.6. The highest BCUT2D eigenvalue weighted by molar-refractivity contribution is 7.27. The molecule has 59 heavy (non-hydrogen) atoms. The minimum absolute atomic E-state index is 0.353. The van der Waals surface area contributed by atoms with Crippen molar-refractivity contribution in [2.24, 2.45) is 0 Å². The van der Waals surface area contributed by atoms with E-state index < -0.39 is 5.97 Å². The number of rotatable bonds is 20. The van der Waals surface area contributed by atoms with Gasteiger partial charge < -0.3 is 29.0 Å². The summed E-state index contributed by atoms with van der Waals surface area (Å²) in [5, 5.41) is 18.8. The summed E-state index contributed by atoms with van der Waals surface area (Å²) in [5.74, 6) is 1.55. The first kappa shape index (κ1) is 41.6. The number of nitriles is 1. The SMILES string of the molecule is CCCCCCOc1ccc(N(c2ccc(OCCCCCC)cc2)c2ccc(-c3ccc(-c4ccc(-c5sc(/C=C(\C#N)C(=O)O)c6c5OCCO6)s4)s3)cc2)cc1. The molecule has 0 amide bonds. The van der Waals surface area contributed by atoms with Gasteiger partial charge in [-0.05, 0) is 109 Å². The molecule has 0 fully saturated rings. The number of carbonyl (C=O) groups is 1. The third-order valence-electron chi connectivity index (χ3n) is 9.86. The normalized spacial score (nSPS) is 12.3. The van der Waals surface area contributed by atoms with Crippen molar-refractivity contribution < 1.29 is 28.8 Å². The van der Waals surface area contributed by atoms with E-state index in [1.165, 1.54) is 55.9 Å². The second kappa shape index (κ2) is 20.4. The van der Waals surface area contributed by atoms with Crippen LogP contribution in [0.5, 0.6) is 23.0 Å². The van der Waals surface area contributed by atoms with Crippen molar-refractivity contribution in [1.82, 2.24) is 0 Å². The second-order valence-electron chi connectivity index (χ2n) is 14.1. The number of thiophene rings is 3. The molecule has 0 bridgehead atoms. The minimum atomic E-state index is -1.28. The van der Waals surface area contributed by atoms with Gasteiger partial charge in [-0.2, -0.15) is 5.26 Å². The molecule has 0 saturated heterocycles. The summed E-state index contributed by atoms with van der Waals surface area (Å²) < 4.78 is 24.0. The Labute approximate surface area is 358 Å². The number of hydrogen-bond acceptors (Lipinski definition) is 10. The van der Waals surface area contributed by atoms with Crippen LogP contribution < -0.4 is 23.8 Å². The van der Waals surface area contributed by atoms with Gasteiger partial charge in [0.25, 0.3) is 0 Å². The molecule has 0 spiro atoms. The molecule has 1 aliphatic rings. The van der Waals surface area contributed by atoms with Crippen LogP contribution in [0.2, 0.25) is 0 Å². The lowest BCUT2D eigenvalue weighted by molar-refractivity contribution is -0.132. The molecule has 304 valence electrons. The van der Waals surface area contributed by atoms with Gasteiger partial charge in [-0.15, -0.1) is 34.0 Å².